The summed E-state index contributed by atoms with van der Waals surface area (Å²) in [7, 11) is -0.468. The molecule has 1 aromatic heterocycles. The van der Waals surface area contributed by atoms with Gasteiger partial charge in [0.25, 0.3) is 0 Å². The summed E-state index contributed by atoms with van der Waals surface area (Å²) in [4.78, 5) is 0. The zero-order valence-electron chi connectivity index (χ0n) is 12.2. The van der Waals surface area contributed by atoms with Gasteiger partial charge < -0.3 is 14.7 Å². The van der Waals surface area contributed by atoms with Gasteiger partial charge in [-0.1, -0.05) is 30.3 Å². The summed E-state index contributed by atoms with van der Waals surface area (Å²) in [6.07, 6.45) is 3.68. The molecule has 0 saturated heterocycles. The maximum absolute atomic E-state index is 9.38. The van der Waals surface area contributed by atoms with E-state index < -0.39 is 7.05 Å². The van der Waals surface area contributed by atoms with E-state index in [1.165, 1.54) is 5.56 Å². The molecule has 21 heavy (non-hydrogen) atoms. The normalized spacial score (nSPS) is 21.6. The van der Waals surface area contributed by atoms with Crippen molar-refractivity contribution in [2.75, 3.05) is 0 Å². The molecule has 110 valence electrons. The van der Waals surface area contributed by atoms with E-state index in [1.807, 2.05) is 18.2 Å². The third-order valence-corrected chi connectivity index (χ3v) is 3.94. The molecule has 0 bridgehead atoms. The van der Waals surface area contributed by atoms with Crippen LogP contribution >= 0.6 is 0 Å². The van der Waals surface area contributed by atoms with Gasteiger partial charge in [0.1, 0.15) is 0 Å². The van der Waals surface area contributed by atoms with Gasteiger partial charge in [-0.2, -0.15) is 0 Å². The Labute approximate surface area is 124 Å². The Morgan fingerprint density at radius 1 is 1.29 bits per heavy atom. The van der Waals surface area contributed by atoms with Crippen LogP contribution in [0.2, 0.25) is 6.82 Å². The van der Waals surface area contributed by atoms with Crippen LogP contribution in [0, 0.1) is 0 Å². The first-order chi connectivity index (χ1) is 10.2. The minimum atomic E-state index is -0.468. The van der Waals surface area contributed by atoms with Gasteiger partial charge in [0.2, 0.25) is 11.8 Å². The van der Waals surface area contributed by atoms with Gasteiger partial charge in [0, 0.05) is 5.92 Å². The highest BCUT2D eigenvalue weighted by molar-refractivity contribution is 6.45. The molecule has 0 radical (unpaired) electrons. The minimum absolute atomic E-state index is 0.304. The van der Waals surface area contributed by atoms with Gasteiger partial charge in [-0.05, 0) is 37.7 Å². The molecule has 3 rings (SSSR count). The average molecular weight is 285 g/mol. The van der Waals surface area contributed by atoms with Crippen molar-refractivity contribution in [3.63, 3.8) is 0 Å². The second kappa shape index (κ2) is 6.41. The second-order valence-electron chi connectivity index (χ2n) is 5.75. The van der Waals surface area contributed by atoms with E-state index in [0.717, 1.165) is 25.2 Å². The van der Waals surface area contributed by atoms with Gasteiger partial charge in [-0.25, -0.2) is 0 Å². The Kier molecular flexibility index (Phi) is 4.36. The van der Waals surface area contributed by atoms with Gasteiger partial charge in [-0.3, -0.25) is 0 Å². The molecule has 0 amide bonds. The van der Waals surface area contributed by atoms with Gasteiger partial charge in [0.05, 0.1) is 6.42 Å². The van der Waals surface area contributed by atoms with Crippen molar-refractivity contribution in [1.82, 2.24) is 15.4 Å². The van der Waals surface area contributed by atoms with Crippen molar-refractivity contribution in [2.45, 2.75) is 44.5 Å². The first-order valence-electron chi connectivity index (χ1n) is 7.51. The Morgan fingerprint density at radius 2 is 2.10 bits per heavy atom. The van der Waals surface area contributed by atoms with Crippen molar-refractivity contribution >= 4 is 7.05 Å². The van der Waals surface area contributed by atoms with Crippen LogP contribution in [0.25, 0.3) is 0 Å². The van der Waals surface area contributed by atoms with Crippen LogP contribution in [0.4, 0.5) is 0 Å². The van der Waals surface area contributed by atoms with Crippen LogP contribution in [0.5, 0.6) is 0 Å². The average Bonchev–Trinajstić information content (AvgIpc) is 3.08. The first-order valence-corrected chi connectivity index (χ1v) is 7.51. The molecule has 1 aliphatic carbocycles. The summed E-state index contributed by atoms with van der Waals surface area (Å²) in [6, 6.07) is 10.5. The maximum atomic E-state index is 9.38. The third-order valence-electron chi connectivity index (χ3n) is 3.94. The van der Waals surface area contributed by atoms with E-state index in [-0.39, 0.29) is 0 Å². The van der Waals surface area contributed by atoms with Crippen LogP contribution in [0.3, 0.4) is 0 Å². The number of rotatable bonds is 5. The number of hydrogen-bond acceptors (Lipinski definition) is 5. The molecule has 0 spiro atoms. The molecule has 1 fully saturated rings. The summed E-state index contributed by atoms with van der Waals surface area (Å²) in [5.74, 6) is 1.71. The highest BCUT2D eigenvalue weighted by atomic mass is 16.4. The van der Waals surface area contributed by atoms with E-state index >= 15 is 0 Å². The Balaban J connectivity index is 1.61. The van der Waals surface area contributed by atoms with Crippen molar-refractivity contribution in [1.29, 1.82) is 0 Å². The summed E-state index contributed by atoms with van der Waals surface area (Å²) in [5.41, 5.74) is 1.17. The zero-order valence-corrected chi connectivity index (χ0v) is 12.2. The van der Waals surface area contributed by atoms with E-state index in [2.05, 4.69) is 27.6 Å². The van der Waals surface area contributed by atoms with Gasteiger partial charge >= 0.3 is 7.05 Å². The Hall–Kier alpha value is -1.66. The van der Waals surface area contributed by atoms with E-state index in [4.69, 9.17) is 4.42 Å². The fraction of sp³-hybridized carbons (Fsp3) is 0.467. The van der Waals surface area contributed by atoms with Gasteiger partial charge in [0.15, 0.2) is 0 Å². The number of nitrogens with zero attached hydrogens (tertiary/aromatic N) is 2. The number of aromatic nitrogens is 2. The lowest BCUT2D eigenvalue weighted by atomic mass is 9.87. The van der Waals surface area contributed by atoms with E-state index in [1.54, 1.807) is 6.82 Å². The topological polar surface area (TPSA) is 71.2 Å². The molecule has 6 heteroatoms. The van der Waals surface area contributed by atoms with Gasteiger partial charge in [-0.15, -0.1) is 10.2 Å². The fourth-order valence-electron chi connectivity index (χ4n) is 2.97. The predicted molar refractivity (Wildman–Crippen MR) is 80.9 cm³/mol. The van der Waals surface area contributed by atoms with Crippen LogP contribution < -0.4 is 5.23 Å². The molecule has 2 aromatic rings. The molecule has 5 nitrogen and oxygen atoms in total. The highest BCUT2D eigenvalue weighted by Gasteiger charge is 2.30. The largest absolute Gasteiger partial charge is 0.437 e. The van der Waals surface area contributed by atoms with Crippen molar-refractivity contribution in [3.8, 4) is 0 Å². The number of benzene rings is 1. The Morgan fingerprint density at radius 3 is 2.86 bits per heavy atom. The smallest absolute Gasteiger partial charge is 0.373 e. The van der Waals surface area contributed by atoms with Crippen molar-refractivity contribution in [2.24, 2.45) is 0 Å². The molecule has 1 aromatic carbocycles. The summed E-state index contributed by atoms with van der Waals surface area (Å²) in [5, 5.41) is 20.9. The monoisotopic (exact) mass is 285 g/mol. The molecule has 2 N–H and O–H groups in total. The standard InChI is InChI=1S/C15H20BN3O2/c1-16(20)17-13-8-7-12(10-13)15-19-18-14(21-15)9-11-5-3-2-4-6-11/h2-6,12-13,17,20H,7-10H2,1H3. The van der Waals surface area contributed by atoms with Crippen molar-refractivity contribution in [3.05, 3.63) is 47.7 Å². The summed E-state index contributed by atoms with van der Waals surface area (Å²) < 4.78 is 5.81. The second-order valence-corrected chi connectivity index (χ2v) is 5.75. The quantitative estimate of drug-likeness (QED) is 0.822. The molecular formula is C15H20BN3O2. The van der Waals surface area contributed by atoms with Crippen LogP contribution in [-0.2, 0) is 6.42 Å². The maximum Gasteiger partial charge on any atom is 0.373 e. The minimum Gasteiger partial charge on any atom is -0.437 e. The van der Waals surface area contributed by atoms with Crippen LogP contribution in [0.15, 0.2) is 34.7 Å². The predicted octanol–water partition coefficient (Wildman–Crippen LogP) is 2.00. The molecule has 1 saturated carbocycles. The molecule has 1 aliphatic rings. The first kappa shape index (κ1) is 14.3. The lowest BCUT2D eigenvalue weighted by Gasteiger charge is -2.12. The summed E-state index contributed by atoms with van der Waals surface area (Å²) in [6.45, 7) is 1.75. The molecule has 1 heterocycles. The van der Waals surface area contributed by atoms with Crippen molar-refractivity contribution < 1.29 is 9.44 Å². The van der Waals surface area contributed by atoms with E-state index in [9.17, 15) is 5.02 Å². The van der Waals surface area contributed by atoms with Crippen LogP contribution in [-0.4, -0.2) is 28.3 Å². The molecule has 2 unspecified atom stereocenters. The Bertz CT molecular complexity index is 573. The molecule has 0 aliphatic heterocycles. The SMILES string of the molecule is CB(O)NC1CCC(c2nnc(Cc3ccccc3)o2)C1. The molecule has 2 atom stereocenters. The number of hydrogen-bond donors (Lipinski definition) is 2. The third kappa shape index (κ3) is 3.71. The highest BCUT2D eigenvalue weighted by Crippen LogP contribution is 2.33. The molecular weight excluding hydrogens is 265 g/mol. The fourth-order valence-corrected chi connectivity index (χ4v) is 2.97. The lowest BCUT2D eigenvalue weighted by molar-refractivity contribution is 0.417. The van der Waals surface area contributed by atoms with Crippen LogP contribution in [0.1, 0.15) is 42.5 Å². The zero-order chi connectivity index (χ0) is 14.7. The lowest BCUT2D eigenvalue weighted by Crippen LogP contribution is -2.38. The summed E-state index contributed by atoms with van der Waals surface area (Å²) >= 11 is 0. The number of nitrogens with one attached hydrogen (secondary N) is 1. The van der Waals surface area contributed by atoms with E-state index in [0.29, 0.717) is 24.3 Å².